The maximum atomic E-state index is 13.1. The van der Waals surface area contributed by atoms with Gasteiger partial charge in [-0.05, 0) is 46.0 Å². The first-order valence-corrected chi connectivity index (χ1v) is 11.0. The Balaban J connectivity index is 1.49. The first-order valence-electron chi connectivity index (χ1n) is 11.0. The smallest absolute Gasteiger partial charge is 0.416 e. The lowest BCUT2D eigenvalue weighted by atomic mass is 9.98. The maximum absolute atomic E-state index is 13.1. The van der Waals surface area contributed by atoms with Gasteiger partial charge in [-0.3, -0.25) is 0 Å². The summed E-state index contributed by atoms with van der Waals surface area (Å²) in [5.74, 6) is -1.99. The number of fused-ring (bicyclic) bond motifs is 3. The molecule has 0 spiro atoms. The Hall–Kier alpha value is -4.02. The van der Waals surface area contributed by atoms with E-state index in [0.29, 0.717) is 12.1 Å². The first kappa shape index (κ1) is 26.1. The van der Waals surface area contributed by atoms with E-state index >= 15 is 0 Å². The van der Waals surface area contributed by atoms with Crippen LogP contribution in [0.3, 0.4) is 0 Å². The van der Waals surface area contributed by atoms with Crippen molar-refractivity contribution < 1.29 is 45.8 Å². The number of carbonyl (C=O) groups excluding carboxylic acids is 1. The van der Waals surface area contributed by atoms with Crippen molar-refractivity contribution in [3.63, 3.8) is 0 Å². The van der Waals surface area contributed by atoms with E-state index in [1.807, 2.05) is 53.8 Å². The van der Waals surface area contributed by atoms with Crippen LogP contribution >= 0.6 is 0 Å². The molecule has 11 heteroatoms. The number of amides is 1. The van der Waals surface area contributed by atoms with E-state index in [1.165, 1.54) is 0 Å². The molecule has 194 valence electrons. The molecule has 5 nitrogen and oxygen atoms in total. The number of benzene rings is 3. The summed E-state index contributed by atoms with van der Waals surface area (Å²) in [6.07, 6.45) is -12.2. The number of alkyl halides is 6. The predicted molar refractivity (Wildman–Crippen MR) is 120 cm³/mol. The monoisotopic (exact) mass is 523 g/mol. The Morgan fingerprint density at radius 2 is 1.32 bits per heavy atom. The average molecular weight is 523 g/mol. The van der Waals surface area contributed by atoms with Crippen molar-refractivity contribution in [1.29, 1.82) is 0 Å². The lowest BCUT2D eigenvalue weighted by Crippen LogP contribution is -2.43. The molecule has 0 unspecified atom stereocenters. The second-order valence-electron chi connectivity index (χ2n) is 8.48. The highest BCUT2D eigenvalue weighted by molar-refractivity contribution is 5.81. The van der Waals surface area contributed by atoms with Crippen molar-refractivity contribution in [3.05, 3.63) is 94.5 Å². The Bertz CT molecular complexity index is 1260. The fraction of sp³-hybridized carbons (Fsp3) is 0.231. The molecule has 1 aliphatic rings. The number of aliphatic carboxylic acids is 1. The van der Waals surface area contributed by atoms with Crippen LogP contribution in [0.4, 0.5) is 31.1 Å². The summed E-state index contributed by atoms with van der Waals surface area (Å²) in [6.45, 7) is -0.159. The van der Waals surface area contributed by atoms with Crippen molar-refractivity contribution in [2.24, 2.45) is 0 Å². The number of ether oxygens (including phenoxy) is 1. The van der Waals surface area contributed by atoms with Gasteiger partial charge in [0.1, 0.15) is 12.6 Å². The van der Waals surface area contributed by atoms with E-state index in [2.05, 4.69) is 0 Å². The van der Waals surface area contributed by atoms with Gasteiger partial charge in [0.25, 0.3) is 0 Å². The molecule has 0 saturated carbocycles. The van der Waals surface area contributed by atoms with Crippen LogP contribution in [0.2, 0.25) is 0 Å². The van der Waals surface area contributed by atoms with E-state index in [-0.39, 0.29) is 18.6 Å². The fourth-order valence-corrected chi connectivity index (χ4v) is 4.36. The number of hydrogen-bond acceptors (Lipinski definition) is 3. The number of hydrogen-bond donors (Lipinski definition) is 2. The molecular formula is C26H19F6NO4. The summed E-state index contributed by atoms with van der Waals surface area (Å²) in [6, 6.07) is 13.9. The highest BCUT2D eigenvalue weighted by Gasteiger charge is 2.37. The lowest BCUT2D eigenvalue weighted by molar-refractivity contribution is -0.143. The minimum atomic E-state index is -5.09. The molecule has 0 aromatic heterocycles. The second-order valence-corrected chi connectivity index (χ2v) is 8.48. The summed E-state index contributed by atoms with van der Waals surface area (Å²) in [5.41, 5.74) is -0.00959. The second kappa shape index (κ2) is 9.79. The highest BCUT2D eigenvalue weighted by atomic mass is 19.4. The SMILES string of the molecule is O=C(N[C@@H](Cc1cc(C(F)(F)F)cc(C(F)(F)F)c1)C(=O)O)OCC1c2ccccc2-c2ccccc21. The van der Waals surface area contributed by atoms with Gasteiger partial charge in [-0.25, -0.2) is 9.59 Å². The van der Waals surface area contributed by atoms with Gasteiger partial charge in [0, 0.05) is 12.3 Å². The Kier molecular flexibility index (Phi) is 6.90. The predicted octanol–water partition coefficient (Wildman–Crippen LogP) is 6.26. The van der Waals surface area contributed by atoms with Crippen LogP contribution in [0, 0.1) is 0 Å². The van der Waals surface area contributed by atoms with Crippen LogP contribution in [-0.2, 0) is 28.3 Å². The molecule has 37 heavy (non-hydrogen) atoms. The maximum Gasteiger partial charge on any atom is 0.416 e. The van der Waals surface area contributed by atoms with Crippen molar-refractivity contribution >= 4 is 12.1 Å². The Morgan fingerprint density at radius 1 is 0.838 bits per heavy atom. The largest absolute Gasteiger partial charge is 0.480 e. The third-order valence-corrected chi connectivity index (χ3v) is 6.02. The number of alkyl carbamates (subject to hydrolysis) is 1. The van der Waals surface area contributed by atoms with E-state index in [0.717, 1.165) is 22.3 Å². The number of halogens is 6. The number of rotatable bonds is 6. The third-order valence-electron chi connectivity index (χ3n) is 6.02. The molecular weight excluding hydrogens is 504 g/mol. The molecule has 0 heterocycles. The zero-order valence-corrected chi connectivity index (χ0v) is 18.9. The molecule has 1 amide bonds. The lowest BCUT2D eigenvalue weighted by Gasteiger charge is -2.19. The molecule has 0 bridgehead atoms. The summed E-state index contributed by atoms with van der Waals surface area (Å²) < 4.78 is 84.0. The van der Waals surface area contributed by atoms with Gasteiger partial charge in [-0.1, -0.05) is 48.5 Å². The molecule has 4 rings (SSSR count). The average Bonchev–Trinajstić information content (AvgIpc) is 3.15. The van der Waals surface area contributed by atoms with E-state index in [4.69, 9.17) is 4.74 Å². The topological polar surface area (TPSA) is 75.6 Å². The number of carboxylic acids is 1. The van der Waals surface area contributed by atoms with Crippen LogP contribution < -0.4 is 5.32 Å². The minimum absolute atomic E-state index is 0.0573. The molecule has 1 atom stereocenters. The standard InChI is InChI=1S/C26H19F6NO4/c27-25(28,29)15-9-14(10-16(12-15)26(30,31)32)11-22(23(34)35)33-24(36)37-13-21-19-7-3-1-5-17(19)18-6-2-4-8-20(18)21/h1-10,12,21-22H,11,13H2,(H,33,36)(H,34,35)/t22-/m0/s1. The Morgan fingerprint density at radius 3 is 1.78 bits per heavy atom. The summed E-state index contributed by atoms with van der Waals surface area (Å²) in [5, 5.41) is 11.5. The van der Waals surface area contributed by atoms with Crippen LogP contribution in [0.25, 0.3) is 11.1 Å². The van der Waals surface area contributed by atoms with Crippen molar-refractivity contribution in [1.82, 2.24) is 5.32 Å². The first-order chi connectivity index (χ1) is 17.3. The number of nitrogens with one attached hydrogen (secondary N) is 1. The fourth-order valence-electron chi connectivity index (χ4n) is 4.36. The van der Waals surface area contributed by atoms with Crippen LogP contribution in [0.5, 0.6) is 0 Å². The van der Waals surface area contributed by atoms with Crippen LogP contribution in [-0.4, -0.2) is 29.8 Å². The molecule has 3 aromatic rings. The summed E-state index contributed by atoms with van der Waals surface area (Å²) in [4.78, 5) is 24.1. The van der Waals surface area contributed by atoms with Gasteiger partial charge in [0.2, 0.25) is 0 Å². The zero-order valence-electron chi connectivity index (χ0n) is 18.9. The van der Waals surface area contributed by atoms with E-state index in [9.17, 15) is 41.0 Å². The van der Waals surface area contributed by atoms with E-state index < -0.39 is 53.6 Å². The van der Waals surface area contributed by atoms with Crippen molar-refractivity contribution in [3.8, 4) is 11.1 Å². The van der Waals surface area contributed by atoms with Gasteiger partial charge in [-0.2, -0.15) is 26.3 Å². The summed E-state index contributed by atoms with van der Waals surface area (Å²) >= 11 is 0. The summed E-state index contributed by atoms with van der Waals surface area (Å²) in [7, 11) is 0. The van der Waals surface area contributed by atoms with Crippen molar-refractivity contribution in [2.75, 3.05) is 6.61 Å². The number of carboxylic acid groups (broad SMARTS) is 1. The van der Waals surface area contributed by atoms with Crippen molar-refractivity contribution in [2.45, 2.75) is 30.7 Å². The molecule has 3 aromatic carbocycles. The van der Waals surface area contributed by atoms with Gasteiger partial charge in [0.15, 0.2) is 0 Å². The van der Waals surface area contributed by atoms with E-state index in [1.54, 1.807) is 0 Å². The molecule has 2 N–H and O–H groups in total. The van der Waals surface area contributed by atoms with Gasteiger partial charge in [0.05, 0.1) is 11.1 Å². The quantitative estimate of drug-likeness (QED) is 0.374. The van der Waals surface area contributed by atoms with Gasteiger partial charge < -0.3 is 15.2 Å². The Labute approximate surface area is 206 Å². The zero-order chi connectivity index (χ0) is 27.0. The van der Waals surface area contributed by atoms with Gasteiger partial charge >= 0.3 is 24.4 Å². The third kappa shape index (κ3) is 5.71. The number of carbonyl (C=O) groups is 2. The van der Waals surface area contributed by atoms with Crippen LogP contribution in [0.15, 0.2) is 66.7 Å². The molecule has 0 fully saturated rings. The molecule has 1 aliphatic carbocycles. The van der Waals surface area contributed by atoms with Gasteiger partial charge in [-0.15, -0.1) is 0 Å². The minimum Gasteiger partial charge on any atom is -0.480 e. The van der Waals surface area contributed by atoms with Crippen LogP contribution in [0.1, 0.15) is 33.7 Å². The molecule has 0 saturated heterocycles. The highest BCUT2D eigenvalue weighted by Crippen LogP contribution is 2.44. The molecule has 0 aliphatic heterocycles. The molecule has 0 radical (unpaired) electrons. The normalized spacial score (nSPS) is 14.0.